The molecule has 3 atom stereocenters. The maximum atomic E-state index is 10.1. The van der Waals surface area contributed by atoms with Crippen LogP contribution in [0.2, 0.25) is 0 Å². The molecule has 0 aliphatic heterocycles. The highest BCUT2D eigenvalue weighted by atomic mass is 16.5. The molecular weight excluding hydrogens is 230 g/mol. The van der Waals surface area contributed by atoms with Crippen LogP contribution in [0.25, 0.3) is 0 Å². The van der Waals surface area contributed by atoms with Crippen LogP contribution < -0.4 is 0 Å². The van der Waals surface area contributed by atoms with E-state index < -0.39 is 0 Å². The molecule has 3 unspecified atom stereocenters. The minimum absolute atomic E-state index is 0.170. The van der Waals surface area contributed by atoms with Gasteiger partial charge in [0.05, 0.1) is 19.3 Å². The topological polar surface area (TPSA) is 52.9 Å². The Morgan fingerprint density at radius 2 is 2.06 bits per heavy atom. The molecule has 1 rings (SSSR count). The van der Waals surface area contributed by atoms with Gasteiger partial charge in [-0.05, 0) is 31.1 Å². The minimum Gasteiger partial charge on any atom is -0.395 e. The first-order valence-electron chi connectivity index (χ1n) is 7.21. The van der Waals surface area contributed by atoms with Crippen molar-refractivity contribution in [1.82, 2.24) is 4.90 Å². The predicted octanol–water partition coefficient (Wildman–Crippen LogP) is 1.11. The lowest BCUT2D eigenvalue weighted by molar-refractivity contribution is 0.0189. The number of aliphatic hydroxyl groups excluding tert-OH is 2. The first kappa shape index (κ1) is 15.9. The van der Waals surface area contributed by atoms with E-state index in [0.29, 0.717) is 19.1 Å². The van der Waals surface area contributed by atoms with Gasteiger partial charge in [-0.15, -0.1) is 0 Å². The van der Waals surface area contributed by atoms with E-state index >= 15 is 0 Å². The molecule has 0 radical (unpaired) electrons. The Morgan fingerprint density at radius 1 is 1.28 bits per heavy atom. The zero-order valence-electron chi connectivity index (χ0n) is 11.8. The molecule has 1 aliphatic carbocycles. The van der Waals surface area contributed by atoms with E-state index in [4.69, 9.17) is 9.84 Å². The second kappa shape index (κ2) is 8.86. The van der Waals surface area contributed by atoms with Crippen LogP contribution in [0.15, 0.2) is 0 Å². The Bertz CT molecular complexity index is 213. The smallest absolute Gasteiger partial charge is 0.0589 e. The van der Waals surface area contributed by atoms with Gasteiger partial charge < -0.3 is 14.9 Å². The largest absolute Gasteiger partial charge is 0.395 e. The lowest BCUT2D eigenvalue weighted by Gasteiger charge is -2.36. The Kier molecular flexibility index (Phi) is 7.82. The molecule has 0 aromatic rings. The van der Waals surface area contributed by atoms with Crippen molar-refractivity contribution in [3.63, 3.8) is 0 Å². The standard InChI is InChI=1S/C14H29NO3/c1-3-12-4-5-14(17)13(10-12)11-15(6-8-16)7-9-18-2/h12-14,16-17H,3-11H2,1-2H3. The monoisotopic (exact) mass is 259 g/mol. The zero-order valence-corrected chi connectivity index (χ0v) is 11.8. The number of hydrogen-bond acceptors (Lipinski definition) is 4. The summed E-state index contributed by atoms with van der Waals surface area (Å²) < 4.78 is 5.09. The molecule has 1 saturated carbocycles. The number of nitrogens with zero attached hydrogens (tertiary/aromatic N) is 1. The van der Waals surface area contributed by atoms with Gasteiger partial charge in [-0.1, -0.05) is 13.3 Å². The summed E-state index contributed by atoms with van der Waals surface area (Å²) in [5.41, 5.74) is 0. The van der Waals surface area contributed by atoms with Crippen LogP contribution >= 0.6 is 0 Å². The van der Waals surface area contributed by atoms with Crippen molar-refractivity contribution < 1.29 is 14.9 Å². The van der Waals surface area contributed by atoms with Crippen molar-refractivity contribution in [1.29, 1.82) is 0 Å². The summed E-state index contributed by atoms with van der Waals surface area (Å²) in [4.78, 5) is 2.20. The maximum absolute atomic E-state index is 10.1. The Morgan fingerprint density at radius 3 is 2.67 bits per heavy atom. The lowest BCUT2D eigenvalue weighted by atomic mass is 9.78. The summed E-state index contributed by atoms with van der Waals surface area (Å²) >= 11 is 0. The number of aliphatic hydroxyl groups is 2. The maximum Gasteiger partial charge on any atom is 0.0589 e. The van der Waals surface area contributed by atoms with Crippen molar-refractivity contribution in [2.45, 2.75) is 38.7 Å². The lowest BCUT2D eigenvalue weighted by Crippen LogP contribution is -2.41. The van der Waals surface area contributed by atoms with Crippen LogP contribution in [0.5, 0.6) is 0 Å². The predicted molar refractivity (Wildman–Crippen MR) is 72.5 cm³/mol. The normalized spacial score (nSPS) is 28.8. The molecule has 0 saturated heterocycles. The first-order chi connectivity index (χ1) is 8.71. The van der Waals surface area contributed by atoms with Gasteiger partial charge in [0.2, 0.25) is 0 Å². The van der Waals surface area contributed by atoms with Crippen LogP contribution in [0.1, 0.15) is 32.6 Å². The number of rotatable bonds is 8. The highest BCUT2D eigenvalue weighted by Crippen LogP contribution is 2.31. The van der Waals surface area contributed by atoms with Gasteiger partial charge in [-0.25, -0.2) is 0 Å². The second-order valence-corrected chi connectivity index (χ2v) is 5.43. The van der Waals surface area contributed by atoms with E-state index in [-0.39, 0.29) is 12.7 Å². The molecule has 0 bridgehead atoms. The molecular formula is C14H29NO3. The molecule has 0 aromatic carbocycles. The molecule has 18 heavy (non-hydrogen) atoms. The Hall–Kier alpha value is -0.160. The molecule has 108 valence electrons. The van der Waals surface area contributed by atoms with E-state index in [1.165, 1.54) is 6.42 Å². The van der Waals surface area contributed by atoms with Crippen LogP contribution in [-0.2, 0) is 4.74 Å². The molecule has 1 fully saturated rings. The van der Waals surface area contributed by atoms with Gasteiger partial charge >= 0.3 is 0 Å². The molecule has 0 amide bonds. The molecule has 4 nitrogen and oxygen atoms in total. The summed E-state index contributed by atoms with van der Waals surface area (Å²) in [6, 6.07) is 0. The molecule has 0 aromatic heterocycles. The number of methoxy groups -OCH3 is 1. The fourth-order valence-corrected chi connectivity index (χ4v) is 2.90. The average Bonchev–Trinajstić information content (AvgIpc) is 2.38. The molecule has 4 heteroatoms. The third-order valence-electron chi connectivity index (χ3n) is 4.15. The quantitative estimate of drug-likeness (QED) is 0.686. The van der Waals surface area contributed by atoms with Gasteiger partial charge in [0.1, 0.15) is 0 Å². The fourth-order valence-electron chi connectivity index (χ4n) is 2.90. The van der Waals surface area contributed by atoms with Gasteiger partial charge in [0.25, 0.3) is 0 Å². The Balaban J connectivity index is 2.43. The number of ether oxygens (including phenoxy) is 1. The van der Waals surface area contributed by atoms with Crippen LogP contribution in [0.3, 0.4) is 0 Å². The third-order valence-corrected chi connectivity index (χ3v) is 4.15. The van der Waals surface area contributed by atoms with E-state index in [9.17, 15) is 5.11 Å². The van der Waals surface area contributed by atoms with E-state index in [1.807, 2.05) is 0 Å². The number of hydrogen-bond donors (Lipinski definition) is 2. The SMILES string of the molecule is CCC1CCC(O)C(CN(CCO)CCOC)C1. The van der Waals surface area contributed by atoms with E-state index in [0.717, 1.165) is 38.3 Å². The van der Waals surface area contributed by atoms with Crippen molar-refractivity contribution in [2.24, 2.45) is 11.8 Å². The average molecular weight is 259 g/mol. The Labute approximate surface area is 111 Å². The molecule has 0 heterocycles. The van der Waals surface area contributed by atoms with Crippen LogP contribution in [0.4, 0.5) is 0 Å². The van der Waals surface area contributed by atoms with E-state index in [1.54, 1.807) is 7.11 Å². The van der Waals surface area contributed by atoms with Crippen molar-refractivity contribution in [2.75, 3.05) is 40.0 Å². The van der Waals surface area contributed by atoms with Crippen LogP contribution in [-0.4, -0.2) is 61.2 Å². The van der Waals surface area contributed by atoms with Crippen molar-refractivity contribution in [3.05, 3.63) is 0 Å². The van der Waals surface area contributed by atoms with E-state index in [2.05, 4.69) is 11.8 Å². The summed E-state index contributed by atoms with van der Waals surface area (Å²) in [5.74, 6) is 1.11. The molecule has 0 spiro atoms. The molecule has 2 N–H and O–H groups in total. The third kappa shape index (κ3) is 5.22. The highest BCUT2D eigenvalue weighted by molar-refractivity contribution is 4.81. The first-order valence-corrected chi connectivity index (χ1v) is 7.21. The fraction of sp³-hybridized carbons (Fsp3) is 1.00. The van der Waals surface area contributed by atoms with Gasteiger partial charge in [0, 0.05) is 26.7 Å². The van der Waals surface area contributed by atoms with Crippen molar-refractivity contribution in [3.8, 4) is 0 Å². The van der Waals surface area contributed by atoms with Crippen molar-refractivity contribution >= 4 is 0 Å². The van der Waals surface area contributed by atoms with Gasteiger partial charge in [0.15, 0.2) is 0 Å². The minimum atomic E-state index is -0.170. The summed E-state index contributed by atoms with van der Waals surface area (Å²) in [5, 5.41) is 19.2. The van der Waals surface area contributed by atoms with Gasteiger partial charge in [-0.3, -0.25) is 4.90 Å². The zero-order chi connectivity index (χ0) is 13.4. The highest BCUT2D eigenvalue weighted by Gasteiger charge is 2.29. The second-order valence-electron chi connectivity index (χ2n) is 5.43. The van der Waals surface area contributed by atoms with Gasteiger partial charge in [-0.2, -0.15) is 0 Å². The summed E-state index contributed by atoms with van der Waals surface area (Å²) in [7, 11) is 1.69. The summed E-state index contributed by atoms with van der Waals surface area (Å²) in [6.45, 7) is 5.46. The molecule has 1 aliphatic rings. The van der Waals surface area contributed by atoms with Crippen LogP contribution in [0, 0.1) is 11.8 Å². The summed E-state index contributed by atoms with van der Waals surface area (Å²) in [6.07, 6.45) is 4.25.